The molecule has 1 rings (SSSR count). The van der Waals surface area contributed by atoms with Gasteiger partial charge in [-0.15, -0.1) is 0 Å². The molecule has 1 nitrogen and oxygen atoms in total. The SMILES string of the molecule is O=C(CBr)c1cc(C(F)(F)F)c(F)cc1Cl. The van der Waals surface area contributed by atoms with Crippen molar-refractivity contribution in [2.45, 2.75) is 6.18 Å². The molecule has 7 heteroatoms. The van der Waals surface area contributed by atoms with Crippen LogP contribution in [-0.4, -0.2) is 11.1 Å². The molecule has 0 aliphatic heterocycles. The first-order valence-corrected chi connectivity index (χ1v) is 5.42. The minimum atomic E-state index is -4.85. The molecule has 0 heterocycles. The zero-order chi connectivity index (χ0) is 12.5. The van der Waals surface area contributed by atoms with Crippen LogP contribution < -0.4 is 0 Å². The maximum Gasteiger partial charge on any atom is 0.419 e. The van der Waals surface area contributed by atoms with Crippen molar-refractivity contribution >= 4 is 33.3 Å². The third kappa shape index (κ3) is 2.74. The second-order valence-corrected chi connectivity index (χ2v) is 3.83. The Hall–Kier alpha value is -0.620. The highest BCUT2D eigenvalue weighted by Crippen LogP contribution is 2.34. The molecule has 0 unspecified atom stereocenters. The fraction of sp³-hybridized carbons (Fsp3) is 0.222. The van der Waals surface area contributed by atoms with Gasteiger partial charge in [0.2, 0.25) is 0 Å². The van der Waals surface area contributed by atoms with E-state index in [0.29, 0.717) is 12.1 Å². The normalized spacial score (nSPS) is 11.6. The van der Waals surface area contributed by atoms with Gasteiger partial charge in [-0.05, 0) is 12.1 Å². The Balaban J connectivity index is 3.39. The maximum absolute atomic E-state index is 13.0. The maximum atomic E-state index is 13.0. The summed E-state index contributed by atoms with van der Waals surface area (Å²) in [6, 6.07) is 0.904. The summed E-state index contributed by atoms with van der Waals surface area (Å²) >= 11 is 8.27. The van der Waals surface area contributed by atoms with Gasteiger partial charge < -0.3 is 0 Å². The summed E-state index contributed by atoms with van der Waals surface area (Å²) in [7, 11) is 0. The highest BCUT2D eigenvalue weighted by molar-refractivity contribution is 9.09. The molecule has 0 aromatic heterocycles. The van der Waals surface area contributed by atoms with Crippen molar-refractivity contribution in [2.75, 3.05) is 5.33 Å². The van der Waals surface area contributed by atoms with Crippen molar-refractivity contribution in [2.24, 2.45) is 0 Å². The Morgan fingerprint density at radius 2 is 1.94 bits per heavy atom. The van der Waals surface area contributed by atoms with E-state index in [-0.39, 0.29) is 15.9 Å². The van der Waals surface area contributed by atoms with Crippen LogP contribution in [0.1, 0.15) is 15.9 Å². The van der Waals surface area contributed by atoms with Gasteiger partial charge in [0.25, 0.3) is 0 Å². The lowest BCUT2D eigenvalue weighted by Crippen LogP contribution is -2.11. The summed E-state index contributed by atoms with van der Waals surface area (Å²) in [4.78, 5) is 11.2. The van der Waals surface area contributed by atoms with Crippen LogP contribution in [0.5, 0.6) is 0 Å². The highest BCUT2D eigenvalue weighted by Gasteiger charge is 2.35. The van der Waals surface area contributed by atoms with Crippen molar-refractivity contribution in [3.8, 4) is 0 Å². The van der Waals surface area contributed by atoms with Gasteiger partial charge >= 0.3 is 6.18 Å². The highest BCUT2D eigenvalue weighted by atomic mass is 79.9. The van der Waals surface area contributed by atoms with E-state index >= 15 is 0 Å². The number of carbonyl (C=O) groups excluding carboxylic acids is 1. The molecule has 0 saturated heterocycles. The van der Waals surface area contributed by atoms with Gasteiger partial charge in [-0.25, -0.2) is 4.39 Å². The molecule has 0 fully saturated rings. The summed E-state index contributed by atoms with van der Waals surface area (Å²) < 4.78 is 49.9. The largest absolute Gasteiger partial charge is 0.419 e. The van der Waals surface area contributed by atoms with Crippen molar-refractivity contribution in [1.82, 2.24) is 0 Å². The lowest BCUT2D eigenvalue weighted by molar-refractivity contribution is -0.140. The summed E-state index contributed by atoms with van der Waals surface area (Å²) in [5.41, 5.74) is -1.85. The summed E-state index contributed by atoms with van der Waals surface area (Å²) in [5.74, 6) is -2.14. The van der Waals surface area contributed by atoms with Crippen molar-refractivity contribution < 1.29 is 22.4 Å². The Morgan fingerprint density at radius 1 is 1.38 bits per heavy atom. The number of alkyl halides is 4. The van der Waals surface area contributed by atoms with Gasteiger partial charge in [-0.3, -0.25) is 4.79 Å². The van der Waals surface area contributed by atoms with E-state index in [2.05, 4.69) is 15.9 Å². The summed E-state index contributed by atoms with van der Waals surface area (Å²) in [6.45, 7) is 0. The fourth-order valence-corrected chi connectivity index (χ4v) is 1.61. The molecule has 0 radical (unpaired) electrons. The lowest BCUT2D eigenvalue weighted by Gasteiger charge is -2.10. The first-order chi connectivity index (χ1) is 7.27. The Morgan fingerprint density at radius 3 is 2.38 bits per heavy atom. The number of Topliss-reactive ketones (excluding diaryl/α,β-unsaturated/α-hetero) is 1. The van der Waals surface area contributed by atoms with Crippen LogP contribution in [0.3, 0.4) is 0 Å². The molecule has 0 spiro atoms. The number of hydrogen-bond acceptors (Lipinski definition) is 1. The van der Waals surface area contributed by atoms with E-state index in [1.165, 1.54) is 0 Å². The van der Waals surface area contributed by atoms with E-state index in [4.69, 9.17) is 11.6 Å². The van der Waals surface area contributed by atoms with Gasteiger partial charge in [0.15, 0.2) is 5.78 Å². The molecular formula is C9H4BrClF4O. The average molecular weight is 319 g/mol. The van der Waals surface area contributed by atoms with Crippen LogP contribution in [0.2, 0.25) is 5.02 Å². The molecule has 0 bridgehead atoms. The molecule has 0 aliphatic carbocycles. The molecule has 0 amide bonds. The van der Waals surface area contributed by atoms with Crippen LogP contribution >= 0.6 is 27.5 Å². The molecule has 0 atom stereocenters. The fourth-order valence-electron chi connectivity index (χ4n) is 1.05. The van der Waals surface area contributed by atoms with Crippen molar-refractivity contribution in [1.29, 1.82) is 0 Å². The molecular weight excluding hydrogens is 315 g/mol. The first-order valence-electron chi connectivity index (χ1n) is 3.92. The second kappa shape index (κ2) is 4.71. The minimum absolute atomic E-state index is 0.185. The molecule has 0 aliphatic rings. The standard InChI is InChI=1S/C9H4BrClF4O/c10-3-8(16)4-1-5(9(13,14)15)7(12)2-6(4)11/h1-2H,3H2. The van der Waals surface area contributed by atoms with Crippen LogP contribution in [0.4, 0.5) is 17.6 Å². The topological polar surface area (TPSA) is 17.1 Å². The molecule has 88 valence electrons. The third-order valence-corrected chi connectivity index (χ3v) is 2.61. The van der Waals surface area contributed by atoms with Crippen LogP contribution in [0.25, 0.3) is 0 Å². The number of rotatable bonds is 2. The molecule has 16 heavy (non-hydrogen) atoms. The predicted molar refractivity (Wildman–Crippen MR) is 54.5 cm³/mol. The zero-order valence-electron chi connectivity index (χ0n) is 7.54. The number of hydrogen-bond donors (Lipinski definition) is 0. The second-order valence-electron chi connectivity index (χ2n) is 2.87. The van der Waals surface area contributed by atoms with Gasteiger partial charge in [-0.1, -0.05) is 27.5 Å². The van der Waals surface area contributed by atoms with Crippen LogP contribution in [0, 0.1) is 5.82 Å². The number of benzene rings is 1. The van der Waals surface area contributed by atoms with Crippen molar-refractivity contribution in [3.05, 3.63) is 34.1 Å². The number of halogens is 6. The van der Waals surface area contributed by atoms with E-state index in [1.54, 1.807) is 0 Å². The van der Waals surface area contributed by atoms with E-state index in [0.717, 1.165) is 0 Å². The van der Waals surface area contributed by atoms with Gasteiger partial charge in [0.1, 0.15) is 5.82 Å². The Bertz CT molecular complexity index is 430. The number of carbonyl (C=O) groups is 1. The van der Waals surface area contributed by atoms with E-state index in [9.17, 15) is 22.4 Å². The monoisotopic (exact) mass is 318 g/mol. The quantitative estimate of drug-likeness (QED) is 0.456. The lowest BCUT2D eigenvalue weighted by atomic mass is 10.1. The van der Waals surface area contributed by atoms with Crippen molar-refractivity contribution in [3.63, 3.8) is 0 Å². The molecule has 1 aromatic carbocycles. The van der Waals surface area contributed by atoms with E-state index < -0.39 is 23.3 Å². The average Bonchev–Trinajstić information content (AvgIpc) is 2.14. The molecule has 0 N–H and O–H groups in total. The van der Waals surface area contributed by atoms with E-state index in [1.807, 2.05) is 0 Å². The summed E-state index contributed by atoms with van der Waals surface area (Å²) in [6.07, 6.45) is -4.85. The number of ketones is 1. The molecule has 1 aromatic rings. The van der Waals surface area contributed by atoms with Gasteiger partial charge in [-0.2, -0.15) is 13.2 Å². The third-order valence-electron chi connectivity index (χ3n) is 1.78. The van der Waals surface area contributed by atoms with Gasteiger partial charge in [0.05, 0.1) is 15.9 Å². The van der Waals surface area contributed by atoms with Crippen LogP contribution in [-0.2, 0) is 6.18 Å². The minimum Gasteiger partial charge on any atom is -0.293 e. The Kier molecular flexibility index (Phi) is 3.96. The summed E-state index contributed by atoms with van der Waals surface area (Å²) in [5, 5.41) is -0.523. The smallest absolute Gasteiger partial charge is 0.293 e. The van der Waals surface area contributed by atoms with Gasteiger partial charge in [0, 0.05) is 5.56 Å². The Labute approximate surface area is 102 Å². The molecule has 0 saturated carbocycles. The van der Waals surface area contributed by atoms with Crippen LogP contribution in [0.15, 0.2) is 12.1 Å². The predicted octanol–water partition coefficient (Wildman–Crippen LogP) is 4.08. The zero-order valence-corrected chi connectivity index (χ0v) is 9.88. The first kappa shape index (κ1) is 13.4.